The van der Waals surface area contributed by atoms with Crippen molar-refractivity contribution in [2.45, 2.75) is 38.6 Å². The smallest absolute Gasteiger partial charge is 0.174 e. The van der Waals surface area contributed by atoms with Crippen molar-refractivity contribution in [3.63, 3.8) is 0 Å². The molecule has 0 aromatic carbocycles. The minimum absolute atomic E-state index is 0.850. The normalized spacial score (nSPS) is 18.7. The van der Waals surface area contributed by atoms with Crippen LogP contribution in [0.3, 0.4) is 0 Å². The molecule has 0 saturated heterocycles. The summed E-state index contributed by atoms with van der Waals surface area (Å²) < 4.78 is 2.15. The van der Waals surface area contributed by atoms with E-state index < -0.39 is 0 Å². The molecule has 1 aliphatic rings. The van der Waals surface area contributed by atoms with Gasteiger partial charge in [-0.2, -0.15) is 4.80 Å². The van der Waals surface area contributed by atoms with Gasteiger partial charge < -0.3 is 0 Å². The first kappa shape index (κ1) is 9.01. The van der Waals surface area contributed by atoms with Crippen molar-refractivity contribution >= 4 is 5.65 Å². The molecule has 0 unspecified atom stereocenters. The van der Waals surface area contributed by atoms with Crippen molar-refractivity contribution in [3.05, 3.63) is 24.4 Å². The molecule has 0 atom stereocenters. The highest BCUT2D eigenvalue weighted by Gasteiger charge is 2.16. The molecule has 3 nitrogen and oxygen atoms in total. The van der Waals surface area contributed by atoms with Gasteiger partial charge in [0.15, 0.2) is 5.65 Å². The molecule has 1 aliphatic carbocycles. The molecule has 2 aromatic heterocycles. The Balaban J connectivity index is 1.73. The van der Waals surface area contributed by atoms with E-state index in [0.717, 1.165) is 18.1 Å². The molecular weight excluding hydrogens is 186 g/mol. The number of pyridine rings is 1. The maximum absolute atomic E-state index is 4.48. The second-order valence-electron chi connectivity index (χ2n) is 4.56. The van der Waals surface area contributed by atoms with Crippen LogP contribution in [-0.2, 0) is 6.54 Å². The van der Waals surface area contributed by atoms with Gasteiger partial charge in [0, 0.05) is 6.20 Å². The Morgan fingerprint density at radius 3 is 2.87 bits per heavy atom. The van der Waals surface area contributed by atoms with Gasteiger partial charge in [0.1, 0.15) is 0 Å². The average Bonchev–Trinajstić information content (AvgIpc) is 2.27. The second-order valence-corrected chi connectivity index (χ2v) is 4.56. The van der Waals surface area contributed by atoms with Crippen LogP contribution in [0.2, 0.25) is 0 Å². The van der Waals surface area contributed by atoms with E-state index in [1.807, 2.05) is 6.07 Å². The van der Waals surface area contributed by atoms with Crippen LogP contribution in [0.1, 0.15) is 32.1 Å². The Hall–Kier alpha value is -1.25. The van der Waals surface area contributed by atoms with E-state index in [0.29, 0.717) is 0 Å². The molecule has 1 fully saturated rings. The number of aromatic nitrogens is 3. The molecule has 2 heterocycles. The monoisotopic (exact) mass is 203 g/mol. The van der Waals surface area contributed by atoms with Crippen LogP contribution in [-0.4, -0.2) is 14.4 Å². The largest absolute Gasteiger partial charge is 0.225 e. The quantitative estimate of drug-likeness (QED) is 0.735. The van der Waals surface area contributed by atoms with Crippen LogP contribution in [0.5, 0.6) is 0 Å². The molecule has 0 amide bonds. The summed E-state index contributed by atoms with van der Waals surface area (Å²) in [6.07, 6.45) is 9.10. The average molecular weight is 203 g/mol. The van der Waals surface area contributed by atoms with Crippen molar-refractivity contribution in [2.24, 2.45) is 5.92 Å². The van der Waals surface area contributed by atoms with Gasteiger partial charge in [0.25, 0.3) is 0 Å². The molecule has 0 spiro atoms. The Morgan fingerprint density at radius 2 is 2.07 bits per heavy atom. The lowest BCUT2D eigenvalue weighted by atomic mass is 9.89. The molecule has 0 aliphatic heterocycles. The van der Waals surface area contributed by atoms with Crippen LogP contribution in [0, 0.1) is 5.92 Å². The van der Waals surface area contributed by atoms with Gasteiger partial charge in [-0.25, -0.2) is 4.52 Å². The van der Waals surface area contributed by atoms with Gasteiger partial charge >= 0.3 is 0 Å². The second kappa shape index (κ2) is 3.72. The Labute approximate surface area is 89.7 Å². The first-order valence-corrected chi connectivity index (χ1v) is 5.94. The lowest BCUT2D eigenvalue weighted by molar-refractivity contribution is 0.273. The summed E-state index contributed by atoms with van der Waals surface area (Å²) in [4.78, 5) is 2.10. The van der Waals surface area contributed by atoms with E-state index >= 15 is 0 Å². The van der Waals surface area contributed by atoms with Crippen LogP contribution in [0.15, 0.2) is 24.4 Å². The van der Waals surface area contributed by atoms with E-state index in [-0.39, 0.29) is 0 Å². The Bertz CT molecular complexity index is 434. The predicted molar refractivity (Wildman–Crippen MR) is 59.8 cm³/mol. The maximum Gasteiger partial charge on any atom is 0.174 e. The number of hydrogen-bond acceptors (Lipinski definition) is 1. The van der Waals surface area contributed by atoms with Crippen LogP contribution < -0.4 is 0 Å². The third-order valence-electron chi connectivity index (χ3n) is 3.43. The van der Waals surface area contributed by atoms with E-state index in [4.69, 9.17) is 0 Å². The highest BCUT2D eigenvalue weighted by Crippen LogP contribution is 2.25. The molecule has 80 valence electrons. The SMILES string of the molecule is c1ccn2c(c1)nn2CC1CCCCC1. The minimum Gasteiger partial charge on any atom is -0.225 e. The molecule has 0 radical (unpaired) electrons. The molecule has 15 heavy (non-hydrogen) atoms. The van der Waals surface area contributed by atoms with Gasteiger partial charge in [-0.15, -0.1) is 5.10 Å². The fourth-order valence-electron chi connectivity index (χ4n) is 2.56. The summed E-state index contributed by atoms with van der Waals surface area (Å²) in [5, 5.41) is 4.48. The minimum atomic E-state index is 0.850. The van der Waals surface area contributed by atoms with Crippen LogP contribution in [0.25, 0.3) is 5.65 Å². The first-order chi connectivity index (χ1) is 7.43. The lowest BCUT2D eigenvalue weighted by Crippen LogP contribution is -2.25. The summed E-state index contributed by atoms with van der Waals surface area (Å²) in [5.74, 6) is 0.850. The maximum atomic E-state index is 4.48. The van der Waals surface area contributed by atoms with E-state index in [9.17, 15) is 0 Å². The number of hydrogen-bond donors (Lipinski definition) is 0. The third kappa shape index (κ3) is 1.66. The molecule has 1 saturated carbocycles. The van der Waals surface area contributed by atoms with Crippen molar-refractivity contribution < 1.29 is 0 Å². The van der Waals surface area contributed by atoms with Gasteiger partial charge in [0.2, 0.25) is 0 Å². The standard InChI is InChI=1S/C12H17N3/c1-2-6-11(7-3-1)10-15-13-12-8-4-5-9-14(12)15/h4-5,8-9,11H,1-3,6-7,10H2. The van der Waals surface area contributed by atoms with Crippen molar-refractivity contribution in [2.75, 3.05) is 0 Å². The predicted octanol–water partition coefficient (Wildman–Crippen LogP) is 2.72. The summed E-state index contributed by atoms with van der Waals surface area (Å²) in [6, 6.07) is 6.15. The Morgan fingerprint density at radius 1 is 1.20 bits per heavy atom. The van der Waals surface area contributed by atoms with Gasteiger partial charge in [0.05, 0.1) is 6.54 Å². The zero-order valence-corrected chi connectivity index (χ0v) is 8.97. The number of fused-ring (bicyclic) bond motifs is 1. The van der Waals surface area contributed by atoms with E-state index in [1.54, 1.807) is 0 Å². The molecule has 3 heteroatoms. The number of nitrogens with zero attached hydrogens (tertiary/aromatic N) is 3. The van der Waals surface area contributed by atoms with Gasteiger partial charge in [-0.3, -0.25) is 0 Å². The molecule has 3 rings (SSSR count). The fourth-order valence-corrected chi connectivity index (χ4v) is 2.56. The molecular formula is C12H17N3. The highest BCUT2D eigenvalue weighted by atomic mass is 15.6. The summed E-state index contributed by atoms with van der Waals surface area (Å²) >= 11 is 0. The summed E-state index contributed by atoms with van der Waals surface area (Å²) in [5.41, 5.74) is 1.08. The van der Waals surface area contributed by atoms with Crippen molar-refractivity contribution in [1.29, 1.82) is 0 Å². The zero-order valence-electron chi connectivity index (χ0n) is 8.97. The molecule has 0 bridgehead atoms. The topological polar surface area (TPSA) is 22.2 Å². The summed E-state index contributed by atoms with van der Waals surface area (Å²) in [7, 11) is 0. The van der Waals surface area contributed by atoms with Crippen molar-refractivity contribution in [3.8, 4) is 0 Å². The van der Waals surface area contributed by atoms with E-state index in [1.165, 1.54) is 32.1 Å². The van der Waals surface area contributed by atoms with Crippen LogP contribution in [0.4, 0.5) is 0 Å². The van der Waals surface area contributed by atoms with Gasteiger partial charge in [-0.05, 0) is 30.9 Å². The molecule has 2 aromatic rings. The number of rotatable bonds is 2. The Kier molecular flexibility index (Phi) is 2.24. The van der Waals surface area contributed by atoms with Gasteiger partial charge in [-0.1, -0.05) is 25.3 Å². The van der Waals surface area contributed by atoms with Crippen molar-refractivity contribution in [1.82, 2.24) is 14.4 Å². The van der Waals surface area contributed by atoms with E-state index in [2.05, 4.69) is 32.7 Å². The highest BCUT2D eigenvalue weighted by molar-refractivity contribution is 5.35. The zero-order chi connectivity index (χ0) is 10.1. The molecule has 0 N–H and O–H groups in total. The fraction of sp³-hybridized carbons (Fsp3) is 0.583. The third-order valence-corrected chi connectivity index (χ3v) is 3.43. The summed E-state index contributed by atoms with van der Waals surface area (Å²) in [6.45, 7) is 1.10. The van der Waals surface area contributed by atoms with Crippen LogP contribution >= 0.6 is 0 Å². The first-order valence-electron chi connectivity index (χ1n) is 5.94. The lowest BCUT2D eigenvalue weighted by Gasteiger charge is -2.24.